The summed E-state index contributed by atoms with van der Waals surface area (Å²) >= 11 is 6.98. The second kappa shape index (κ2) is 12.2. The molecule has 1 saturated heterocycles. The number of nitrogens with one attached hydrogen (secondary N) is 1. The van der Waals surface area contributed by atoms with Crippen molar-refractivity contribution in [3.05, 3.63) is 92.8 Å². The van der Waals surface area contributed by atoms with E-state index in [0.29, 0.717) is 22.0 Å². The number of thioether (sulfide) groups is 1. The molecular weight excluding hydrogens is 524 g/mol. The molecule has 1 heterocycles. The minimum atomic E-state index is -0.395. The fourth-order valence-electron chi connectivity index (χ4n) is 3.69. The highest BCUT2D eigenvalue weighted by Gasteiger charge is 2.35. The SMILES string of the molecule is Cc1ccc(C)c(OCCN2C(=O)S/C(=C\c3ccccc3OCC(=O)Nc3ccc(C)c(Cl)c3)C2=O)c1. The lowest BCUT2D eigenvalue weighted by Crippen LogP contribution is -2.32. The molecule has 4 rings (SSSR count). The lowest BCUT2D eigenvalue weighted by molar-refractivity contribution is -0.123. The summed E-state index contributed by atoms with van der Waals surface area (Å²) in [6.07, 6.45) is 1.60. The zero-order valence-corrected chi connectivity index (χ0v) is 22.8. The van der Waals surface area contributed by atoms with Crippen LogP contribution >= 0.6 is 23.4 Å². The van der Waals surface area contributed by atoms with Crippen LogP contribution in [0, 0.1) is 20.8 Å². The van der Waals surface area contributed by atoms with Gasteiger partial charge in [0.2, 0.25) is 0 Å². The van der Waals surface area contributed by atoms with Crippen LogP contribution in [-0.4, -0.2) is 41.7 Å². The van der Waals surface area contributed by atoms with Gasteiger partial charge in [-0.3, -0.25) is 19.3 Å². The lowest BCUT2D eigenvalue weighted by atomic mass is 10.1. The van der Waals surface area contributed by atoms with Crippen molar-refractivity contribution in [2.24, 2.45) is 0 Å². The molecule has 196 valence electrons. The van der Waals surface area contributed by atoms with Gasteiger partial charge in [0.25, 0.3) is 17.1 Å². The van der Waals surface area contributed by atoms with Crippen molar-refractivity contribution in [3.63, 3.8) is 0 Å². The minimum Gasteiger partial charge on any atom is -0.491 e. The van der Waals surface area contributed by atoms with E-state index in [2.05, 4.69) is 5.32 Å². The van der Waals surface area contributed by atoms with Gasteiger partial charge in [0.1, 0.15) is 18.1 Å². The summed E-state index contributed by atoms with van der Waals surface area (Å²) in [7, 11) is 0. The summed E-state index contributed by atoms with van der Waals surface area (Å²) < 4.78 is 11.5. The summed E-state index contributed by atoms with van der Waals surface area (Å²) in [5, 5.41) is 2.94. The molecule has 9 heteroatoms. The largest absolute Gasteiger partial charge is 0.491 e. The zero-order valence-electron chi connectivity index (χ0n) is 21.2. The Morgan fingerprint density at radius 3 is 2.53 bits per heavy atom. The zero-order chi connectivity index (χ0) is 27.2. The van der Waals surface area contributed by atoms with Crippen molar-refractivity contribution in [1.82, 2.24) is 4.90 Å². The molecule has 0 aromatic heterocycles. The monoisotopic (exact) mass is 550 g/mol. The van der Waals surface area contributed by atoms with Crippen molar-refractivity contribution in [2.75, 3.05) is 25.1 Å². The molecule has 0 aliphatic carbocycles. The molecular formula is C29H27ClN2O5S. The number of halogens is 1. The van der Waals surface area contributed by atoms with E-state index in [1.54, 1.807) is 42.5 Å². The van der Waals surface area contributed by atoms with Gasteiger partial charge in [-0.25, -0.2) is 0 Å². The number of benzene rings is 3. The Morgan fingerprint density at radius 1 is 0.974 bits per heavy atom. The van der Waals surface area contributed by atoms with Crippen LogP contribution < -0.4 is 14.8 Å². The first-order valence-electron chi connectivity index (χ1n) is 11.9. The number of imide groups is 1. The van der Waals surface area contributed by atoms with Crippen LogP contribution in [0.2, 0.25) is 5.02 Å². The molecule has 1 aliphatic rings. The van der Waals surface area contributed by atoms with Crippen molar-refractivity contribution in [2.45, 2.75) is 20.8 Å². The average Bonchev–Trinajstić information content (AvgIpc) is 3.15. The quantitative estimate of drug-likeness (QED) is 0.310. The summed E-state index contributed by atoms with van der Waals surface area (Å²) in [6, 6.07) is 18.1. The van der Waals surface area contributed by atoms with Crippen molar-refractivity contribution >= 4 is 52.2 Å². The van der Waals surface area contributed by atoms with Gasteiger partial charge in [-0.2, -0.15) is 0 Å². The maximum atomic E-state index is 13.0. The predicted octanol–water partition coefficient (Wildman–Crippen LogP) is 6.40. The topological polar surface area (TPSA) is 84.9 Å². The van der Waals surface area contributed by atoms with Crippen LogP contribution in [0.1, 0.15) is 22.3 Å². The Balaban J connectivity index is 1.37. The van der Waals surface area contributed by atoms with Gasteiger partial charge in [-0.1, -0.05) is 48.0 Å². The highest BCUT2D eigenvalue weighted by atomic mass is 35.5. The molecule has 3 aromatic carbocycles. The number of nitrogens with zero attached hydrogens (tertiary/aromatic N) is 1. The van der Waals surface area contributed by atoms with E-state index < -0.39 is 5.91 Å². The van der Waals surface area contributed by atoms with E-state index in [9.17, 15) is 14.4 Å². The second-order valence-electron chi connectivity index (χ2n) is 8.79. The first kappa shape index (κ1) is 27.3. The first-order chi connectivity index (χ1) is 18.2. The Bertz CT molecular complexity index is 1420. The number of hydrogen-bond acceptors (Lipinski definition) is 6. The molecule has 7 nitrogen and oxygen atoms in total. The van der Waals surface area contributed by atoms with E-state index >= 15 is 0 Å². The molecule has 0 atom stereocenters. The standard InChI is InChI=1S/C29H27ClN2O5S/c1-18-8-9-20(3)25(14-18)36-13-12-32-28(34)26(38-29(32)35)15-21-6-4-5-7-24(21)37-17-27(33)31-22-11-10-19(2)23(30)16-22/h4-11,14-16H,12-13,17H2,1-3H3,(H,31,33)/b26-15-. The number of amides is 3. The maximum Gasteiger partial charge on any atom is 0.293 e. The molecule has 3 aromatic rings. The molecule has 0 spiro atoms. The van der Waals surface area contributed by atoms with Gasteiger partial charge in [-0.15, -0.1) is 0 Å². The van der Waals surface area contributed by atoms with Gasteiger partial charge in [0.05, 0.1) is 11.4 Å². The fourth-order valence-corrected chi connectivity index (χ4v) is 4.72. The summed E-state index contributed by atoms with van der Waals surface area (Å²) in [6.45, 7) is 5.88. The van der Waals surface area contributed by atoms with Gasteiger partial charge in [0.15, 0.2) is 6.61 Å². The van der Waals surface area contributed by atoms with Crippen LogP contribution in [0.15, 0.2) is 65.6 Å². The minimum absolute atomic E-state index is 0.136. The number of carbonyl (C=O) groups excluding carboxylic acids is 3. The van der Waals surface area contributed by atoms with Crippen LogP contribution in [0.25, 0.3) is 6.08 Å². The number of aryl methyl sites for hydroxylation is 3. The Kier molecular flexibility index (Phi) is 8.76. The third kappa shape index (κ3) is 6.76. The van der Waals surface area contributed by atoms with E-state index in [1.165, 1.54) is 4.90 Å². The molecule has 0 bridgehead atoms. The number of hydrogen-bond donors (Lipinski definition) is 1. The van der Waals surface area contributed by atoms with Crippen LogP contribution in [-0.2, 0) is 9.59 Å². The van der Waals surface area contributed by atoms with E-state index in [0.717, 1.165) is 34.2 Å². The number of carbonyl (C=O) groups is 3. The van der Waals surface area contributed by atoms with Crippen LogP contribution in [0.3, 0.4) is 0 Å². The highest BCUT2D eigenvalue weighted by molar-refractivity contribution is 8.18. The number of ether oxygens (including phenoxy) is 2. The van der Waals surface area contributed by atoms with E-state index in [4.69, 9.17) is 21.1 Å². The van der Waals surface area contributed by atoms with Gasteiger partial charge in [0, 0.05) is 16.3 Å². The third-order valence-electron chi connectivity index (χ3n) is 5.81. The van der Waals surface area contributed by atoms with E-state index in [1.807, 2.05) is 45.0 Å². The van der Waals surface area contributed by atoms with Gasteiger partial charge < -0.3 is 14.8 Å². The Labute approximate surface area is 230 Å². The molecule has 38 heavy (non-hydrogen) atoms. The number of rotatable bonds is 9. The van der Waals surface area contributed by atoms with Crippen LogP contribution in [0.5, 0.6) is 11.5 Å². The van der Waals surface area contributed by atoms with E-state index in [-0.39, 0.29) is 35.8 Å². The summed E-state index contributed by atoms with van der Waals surface area (Å²) in [5.41, 5.74) is 4.11. The van der Waals surface area contributed by atoms with Gasteiger partial charge >= 0.3 is 0 Å². The fraction of sp³-hybridized carbons (Fsp3) is 0.207. The Hall–Kier alpha value is -3.75. The molecule has 1 fully saturated rings. The maximum absolute atomic E-state index is 13.0. The van der Waals surface area contributed by atoms with Crippen LogP contribution in [0.4, 0.5) is 10.5 Å². The number of para-hydroxylation sites is 1. The average molecular weight is 551 g/mol. The smallest absolute Gasteiger partial charge is 0.293 e. The summed E-state index contributed by atoms with van der Waals surface area (Å²) in [5.74, 6) is 0.389. The molecule has 1 aliphatic heterocycles. The lowest BCUT2D eigenvalue weighted by Gasteiger charge is -2.14. The first-order valence-corrected chi connectivity index (χ1v) is 13.1. The van der Waals surface area contributed by atoms with Crippen molar-refractivity contribution in [1.29, 1.82) is 0 Å². The number of anilines is 1. The normalized spacial score (nSPS) is 14.2. The molecule has 3 amide bonds. The van der Waals surface area contributed by atoms with Gasteiger partial charge in [-0.05, 0) is 79.6 Å². The molecule has 0 radical (unpaired) electrons. The highest BCUT2D eigenvalue weighted by Crippen LogP contribution is 2.34. The second-order valence-corrected chi connectivity index (χ2v) is 10.2. The predicted molar refractivity (Wildman–Crippen MR) is 151 cm³/mol. The molecule has 1 N–H and O–H groups in total. The van der Waals surface area contributed by atoms with Crippen molar-refractivity contribution < 1.29 is 23.9 Å². The molecule has 0 unspecified atom stereocenters. The third-order valence-corrected chi connectivity index (χ3v) is 7.12. The molecule has 0 saturated carbocycles. The van der Waals surface area contributed by atoms with Crippen molar-refractivity contribution in [3.8, 4) is 11.5 Å². The Morgan fingerprint density at radius 2 is 1.74 bits per heavy atom. The summed E-state index contributed by atoms with van der Waals surface area (Å²) in [4.78, 5) is 39.4.